The highest BCUT2D eigenvalue weighted by Gasteiger charge is 2.37. The number of pyridine rings is 4. The van der Waals surface area contributed by atoms with Crippen LogP contribution in [0.4, 0.5) is 70.1 Å². The van der Waals surface area contributed by atoms with E-state index < -0.39 is 53.6 Å². The van der Waals surface area contributed by atoms with Crippen molar-refractivity contribution in [2.75, 3.05) is 126 Å². The minimum Gasteiger partial charge on any atom is -0.466 e. The number of aliphatic hydroxyl groups excluding tert-OH is 3. The van der Waals surface area contributed by atoms with Crippen LogP contribution in [0.25, 0.3) is 0 Å². The highest BCUT2D eigenvalue weighted by Crippen LogP contribution is 2.42. The summed E-state index contributed by atoms with van der Waals surface area (Å²) in [5.74, 6) is 8.20. The number of carbonyl (C=O) groups excluding carboxylic acids is 1. The number of aromatic nitrogens is 4. The Labute approximate surface area is 770 Å². The molecule has 720 valence electrons. The second-order valence-corrected chi connectivity index (χ2v) is 37.4. The first-order valence-corrected chi connectivity index (χ1v) is 48.9. The van der Waals surface area contributed by atoms with Crippen molar-refractivity contribution in [3.63, 3.8) is 0 Å². The number of alkyl halides is 12. The Morgan fingerprint density at radius 2 is 0.746 bits per heavy atom. The predicted molar refractivity (Wildman–Crippen MR) is 482 cm³/mol. The van der Waals surface area contributed by atoms with Gasteiger partial charge < -0.3 is 64.3 Å². The van der Waals surface area contributed by atoms with Crippen LogP contribution in [0.1, 0.15) is 268 Å². The SMILES string of the molecule is CCN(CC1CCC(CCO)CC1)c1ncc(C(F)(F)F)cc1Br.CCN(CC1CCC(CCOC2CCCCO2)CC1)c1ncc(C(F)(F)F)cc1Br.CCN(CC1CCC(CCOC2CCCCO2)CC1)c1ncc(C(F)(F)F)cc1CO.CCNCC1CCC(CC(=O)OCC)CC1.CCNCC1CCC(CCO)CC1.FC(F)(F)c1cnc(Cl)c(Br)c1. The number of hydrogen-bond acceptors (Lipinski definition) is 18. The van der Waals surface area contributed by atoms with Crippen molar-refractivity contribution in [3.05, 3.63) is 95.4 Å². The molecule has 2 saturated heterocycles. The normalized spacial score (nSPS) is 23.6. The lowest BCUT2D eigenvalue weighted by Gasteiger charge is -2.34. The second-order valence-electron chi connectivity index (χ2n) is 34.5. The molecular weight excluding hydrogens is 1880 g/mol. The molecule has 0 spiro atoms. The van der Waals surface area contributed by atoms with Crippen LogP contribution < -0.4 is 25.3 Å². The minimum atomic E-state index is -4.46. The van der Waals surface area contributed by atoms with Crippen LogP contribution in [0.15, 0.2) is 62.5 Å². The van der Waals surface area contributed by atoms with Crippen molar-refractivity contribution in [1.82, 2.24) is 30.6 Å². The van der Waals surface area contributed by atoms with E-state index >= 15 is 0 Å². The number of anilines is 3. The Hall–Kier alpha value is -4.00. The number of halogens is 16. The van der Waals surface area contributed by atoms with Crippen LogP contribution in [0, 0.1) is 59.2 Å². The quantitative estimate of drug-likeness (QED) is 0.0167. The topological polar surface area (TPSA) is 209 Å². The highest BCUT2D eigenvalue weighted by molar-refractivity contribution is 9.11. The smallest absolute Gasteiger partial charge is 0.417 e. The summed E-state index contributed by atoms with van der Waals surface area (Å²) in [7, 11) is 0. The third kappa shape index (κ3) is 41.2. The van der Waals surface area contributed by atoms with Crippen LogP contribution in [0.3, 0.4) is 0 Å². The van der Waals surface area contributed by atoms with Gasteiger partial charge in [0.1, 0.15) is 22.6 Å². The number of esters is 1. The van der Waals surface area contributed by atoms with E-state index in [1.54, 1.807) is 0 Å². The first-order valence-electron chi connectivity index (χ1n) is 46.2. The molecule has 2 atom stereocenters. The molecule has 0 aromatic carbocycles. The van der Waals surface area contributed by atoms with E-state index in [-0.39, 0.29) is 40.3 Å². The molecular formula is C92H141Br3ClF12N9O9. The molecule has 18 nitrogen and oxygen atoms in total. The molecule has 126 heavy (non-hydrogen) atoms. The molecule has 34 heteroatoms. The summed E-state index contributed by atoms with van der Waals surface area (Å²) in [6.45, 7) is 24.9. The van der Waals surface area contributed by atoms with Gasteiger partial charge in [-0.05, 0) is 326 Å². The van der Waals surface area contributed by atoms with Crippen molar-refractivity contribution in [1.29, 1.82) is 0 Å². The fourth-order valence-electron chi connectivity index (χ4n) is 17.7. The molecule has 0 bridgehead atoms. The third-order valence-electron chi connectivity index (χ3n) is 25.3. The fourth-order valence-corrected chi connectivity index (χ4v) is 19.4. The van der Waals surface area contributed by atoms with E-state index in [4.69, 9.17) is 45.5 Å². The number of rotatable bonds is 34. The molecule has 4 aromatic heterocycles. The van der Waals surface area contributed by atoms with Gasteiger partial charge in [-0.2, -0.15) is 52.7 Å². The van der Waals surface area contributed by atoms with Gasteiger partial charge in [-0.1, -0.05) is 76.8 Å². The number of nitrogens with one attached hydrogen (secondary N) is 2. The Bertz CT molecular complexity index is 3620. The summed E-state index contributed by atoms with van der Waals surface area (Å²) in [6.07, 6.45) is 20.8. The maximum atomic E-state index is 13.0. The van der Waals surface area contributed by atoms with Crippen LogP contribution in [-0.4, -0.2) is 166 Å². The largest absolute Gasteiger partial charge is 0.466 e. The van der Waals surface area contributed by atoms with Crippen molar-refractivity contribution in [2.45, 2.75) is 284 Å². The average molecular weight is 2020 g/mol. The number of ether oxygens (including phenoxy) is 5. The van der Waals surface area contributed by atoms with Gasteiger partial charge >= 0.3 is 30.7 Å². The van der Waals surface area contributed by atoms with Gasteiger partial charge in [0.2, 0.25) is 0 Å². The molecule has 4 aromatic rings. The van der Waals surface area contributed by atoms with Crippen molar-refractivity contribution in [2.24, 2.45) is 59.2 Å². The number of carbonyl (C=O) groups is 1. The van der Waals surface area contributed by atoms with Gasteiger partial charge in [-0.3, -0.25) is 4.79 Å². The maximum absolute atomic E-state index is 13.0. The van der Waals surface area contributed by atoms with Crippen molar-refractivity contribution < 1.29 is 96.5 Å². The van der Waals surface area contributed by atoms with Gasteiger partial charge in [0.25, 0.3) is 0 Å². The average Bonchev–Trinajstić information content (AvgIpc) is 0.811. The number of hydrogen-bond donors (Lipinski definition) is 5. The lowest BCUT2D eigenvalue weighted by Crippen LogP contribution is -2.33. The molecule has 2 unspecified atom stereocenters. The van der Waals surface area contributed by atoms with E-state index in [1.165, 1.54) is 83.6 Å². The summed E-state index contributed by atoms with van der Waals surface area (Å²) in [6, 6.07) is 4.12. The van der Waals surface area contributed by atoms with E-state index in [9.17, 15) is 62.6 Å². The van der Waals surface area contributed by atoms with Crippen LogP contribution in [-0.2, 0) is 59.8 Å². The zero-order valence-corrected chi connectivity index (χ0v) is 80.2. The Balaban J connectivity index is 0.000000242. The van der Waals surface area contributed by atoms with Crippen LogP contribution in [0.2, 0.25) is 5.15 Å². The highest BCUT2D eigenvalue weighted by atomic mass is 79.9. The summed E-state index contributed by atoms with van der Waals surface area (Å²) >= 11 is 14.8. The van der Waals surface area contributed by atoms with E-state index in [1.807, 2.05) is 37.5 Å². The van der Waals surface area contributed by atoms with Gasteiger partial charge in [0.05, 0.1) is 48.9 Å². The summed E-state index contributed by atoms with van der Waals surface area (Å²) in [5, 5.41) is 34.3. The zero-order chi connectivity index (χ0) is 92.2. The van der Waals surface area contributed by atoms with Gasteiger partial charge in [0.15, 0.2) is 12.6 Å². The molecule has 5 saturated carbocycles. The van der Waals surface area contributed by atoms with E-state index in [0.717, 1.165) is 242 Å². The predicted octanol–water partition coefficient (Wildman–Crippen LogP) is 24.1. The van der Waals surface area contributed by atoms with E-state index in [0.29, 0.717) is 113 Å². The summed E-state index contributed by atoms with van der Waals surface area (Å²) < 4.78 is 181. The standard InChI is InChI=1S/C23H35F3N2O3.C22H32BrF3N2O2.C17H24BrF3N2O.C13H25NO2.C11H23NO.C6H2BrClF3N/c1-2-28(22-19(16-29)13-20(14-27-22)23(24,25)26)15-18-8-6-17(7-9-18)10-12-31-21-5-3-4-11-30-21;1-2-28(21-19(23)13-18(14-27-21)22(24,25)26)15-17-8-6-16(7-9-17)10-12-30-20-5-3-4-11-29-20;1-2-23(11-13-5-3-12(4-6-13)7-8-24)16-15(18)9-14(10-22-16)17(19,20)21;1-3-14-10-12-7-5-11(6-8-12)9-13(15)16-4-2;1-2-12-9-11-5-3-10(4-6-11)7-8-13;7-4-1-3(6(9,10)11)2-12-5(4)8/h13-14,17-18,21,29H,2-12,15-16H2,1H3;13-14,16-17,20H,2-12,15H2,1H3;9-10,12-13,24H,2-8,11H2,1H3;11-12,14H,3-10H2,1-2H3;10-13H,2-9H2,1H3;1-2H. The molecule has 0 amide bonds. The monoisotopic (exact) mass is 2020 g/mol. The number of aliphatic hydroxyl groups is 3. The lowest BCUT2D eigenvalue weighted by atomic mass is 9.80. The molecule has 6 heterocycles. The molecule has 0 radical (unpaired) electrons. The van der Waals surface area contributed by atoms with Gasteiger partial charge in [-0.25, -0.2) is 19.9 Å². The van der Waals surface area contributed by atoms with Gasteiger partial charge in [-0.15, -0.1) is 0 Å². The minimum absolute atomic E-state index is 0.0112. The summed E-state index contributed by atoms with van der Waals surface area (Å²) in [4.78, 5) is 33.0. The molecule has 11 rings (SSSR count). The molecule has 7 aliphatic rings. The van der Waals surface area contributed by atoms with Crippen LogP contribution in [0.5, 0.6) is 0 Å². The van der Waals surface area contributed by atoms with Crippen molar-refractivity contribution in [3.8, 4) is 0 Å². The molecule has 5 aliphatic carbocycles. The van der Waals surface area contributed by atoms with Crippen molar-refractivity contribution >= 4 is 82.8 Å². The Kier molecular flexibility index (Phi) is 51.8. The Morgan fingerprint density at radius 1 is 0.429 bits per heavy atom. The maximum Gasteiger partial charge on any atom is 0.417 e. The third-order valence-corrected chi connectivity index (χ3v) is 27.6. The second kappa shape index (κ2) is 58.9. The lowest BCUT2D eigenvalue weighted by molar-refractivity contribution is -0.164. The Morgan fingerprint density at radius 3 is 1.06 bits per heavy atom. The fraction of sp³-hybridized carbons (Fsp3) is 0.772. The van der Waals surface area contributed by atoms with Gasteiger partial charge in [0, 0.05) is 116 Å². The first kappa shape index (κ1) is 111. The summed E-state index contributed by atoms with van der Waals surface area (Å²) in [5.41, 5.74) is -2.88. The molecule has 2 aliphatic heterocycles. The number of nitrogens with zero attached hydrogens (tertiary/aromatic N) is 7. The van der Waals surface area contributed by atoms with Crippen LogP contribution >= 0.6 is 59.4 Å². The van der Waals surface area contributed by atoms with E-state index in [2.05, 4.69) is 97.1 Å². The molecule has 7 fully saturated rings. The molecule has 5 N–H and O–H groups in total. The zero-order valence-electron chi connectivity index (χ0n) is 74.7. The first-order chi connectivity index (χ1) is 60.1.